The Bertz CT molecular complexity index is 630. The van der Waals surface area contributed by atoms with Gasteiger partial charge in [0.15, 0.2) is 0 Å². The Kier molecular flexibility index (Phi) is 4.60. The molecule has 1 heterocycles. The maximum atomic E-state index is 11.7. The minimum Gasteiger partial charge on any atom is -0.497 e. The van der Waals surface area contributed by atoms with Gasteiger partial charge in [0.1, 0.15) is 5.75 Å². The van der Waals surface area contributed by atoms with Gasteiger partial charge in [0.2, 0.25) is 5.91 Å². The van der Waals surface area contributed by atoms with Gasteiger partial charge in [0.25, 0.3) is 5.56 Å². The summed E-state index contributed by atoms with van der Waals surface area (Å²) in [5.74, 6) is 0.725. The molecule has 0 aliphatic rings. The van der Waals surface area contributed by atoms with Crippen LogP contribution in [0.25, 0.3) is 0 Å². The zero-order valence-electron chi connectivity index (χ0n) is 11.2. The maximum Gasteiger partial charge on any atom is 0.264 e. The van der Waals surface area contributed by atoms with E-state index in [2.05, 4.69) is 15.5 Å². The first kappa shape index (κ1) is 13.9. The van der Waals surface area contributed by atoms with Gasteiger partial charge in [-0.3, -0.25) is 14.7 Å². The average Bonchev–Trinajstić information content (AvgIpc) is 2.89. The predicted molar refractivity (Wildman–Crippen MR) is 74.6 cm³/mol. The highest BCUT2D eigenvalue weighted by molar-refractivity contribution is 5.76. The lowest BCUT2D eigenvalue weighted by atomic mass is 10.1. The molecule has 0 aliphatic carbocycles. The molecule has 0 bridgehead atoms. The van der Waals surface area contributed by atoms with Crippen LogP contribution < -0.4 is 15.6 Å². The Hall–Kier alpha value is -2.50. The fourth-order valence-corrected chi connectivity index (χ4v) is 1.84. The molecule has 0 unspecified atom stereocenters. The van der Waals surface area contributed by atoms with Crippen LogP contribution in [0.4, 0.5) is 0 Å². The number of aromatic amines is 2. The second-order valence-corrected chi connectivity index (χ2v) is 4.41. The zero-order chi connectivity index (χ0) is 14.4. The molecule has 0 saturated heterocycles. The van der Waals surface area contributed by atoms with Crippen molar-refractivity contribution in [2.75, 3.05) is 7.11 Å². The van der Waals surface area contributed by atoms with Gasteiger partial charge >= 0.3 is 0 Å². The van der Waals surface area contributed by atoms with E-state index < -0.39 is 0 Å². The van der Waals surface area contributed by atoms with Crippen molar-refractivity contribution < 1.29 is 9.53 Å². The Morgan fingerprint density at radius 2 is 2.15 bits per heavy atom. The van der Waals surface area contributed by atoms with Gasteiger partial charge in [-0.15, -0.1) is 0 Å². The van der Waals surface area contributed by atoms with Crippen molar-refractivity contribution in [1.29, 1.82) is 0 Å². The van der Waals surface area contributed by atoms with E-state index in [0.29, 0.717) is 25.1 Å². The summed E-state index contributed by atoms with van der Waals surface area (Å²) in [6.45, 7) is 0.315. The van der Waals surface area contributed by atoms with E-state index in [-0.39, 0.29) is 11.5 Å². The summed E-state index contributed by atoms with van der Waals surface area (Å²) in [5, 5.41) is 7.85. The molecule has 0 radical (unpaired) electrons. The Morgan fingerprint density at radius 3 is 2.85 bits per heavy atom. The molecule has 3 N–H and O–H groups in total. The molecule has 20 heavy (non-hydrogen) atoms. The number of methoxy groups -OCH3 is 1. The van der Waals surface area contributed by atoms with Crippen molar-refractivity contribution in [3.63, 3.8) is 0 Å². The smallest absolute Gasteiger partial charge is 0.264 e. The van der Waals surface area contributed by atoms with Crippen LogP contribution >= 0.6 is 0 Å². The molecule has 1 aromatic heterocycles. The molecule has 0 spiro atoms. The van der Waals surface area contributed by atoms with E-state index in [9.17, 15) is 9.59 Å². The first-order valence-corrected chi connectivity index (χ1v) is 6.33. The van der Waals surface area contributed by atoms with E-state index in [1.807, 2.05) is 24.3 Å². The van der Waals surface area contributed by atoms with Gasteiger partial charge in [-0.2, -0.15) is 0 Å². The van der Waals surface area contributed by atoms with E-state index in [1.54, 1.807) is 7.11 Å². The Labute approximate surface area is 116 Å². The predicted octanol–water partition coefficient (Wildman–Crippen LogP) is 0.961. The van der Waals surface area contributed by atoms with Crippen LogP contribution in [0.1, 0.15) is 17.7 Å². The molecule has 6 heteroatoms. The van der Waals surface area contributed by atoms with Gasteiger partial charge < -0.3 is 15.2 Å². The number of amides is 1. The Balaban J connectivity index is 1.78. The minimum absolute atomic E-state index is 0.0603. The van der Waals surface area contributed by atoms with Gasteiger partial charge in [-0.25, -0.2) is 0 Å². The molecular formula is C14H17N3O3. The lowest BCUT2D eigenvalue weighted by Crippen LogP contribution is -2.23. The third-order valence-corrected chi connectivity index (χ3v) is 2.90. The van der Waals surface area contributed by atoms with Gasteiger partial charge in [0, 0.05) is 12.5 Å². The van der Waals surface area contributed by atoms with E-state index in [1.165, 1.54) is 6.07 Å². The molecule has 0 fully saturated rings. The van der Waals surface area contributed by atoms with Crippen molar-refractivity contribution in [3.8, 4) is 5.75 Å². The molecule has 1 amide bonds. The first-order valence-electron chi connectivity index (χ1n) is 6.33. The molecule has 2 rings (SSSR count). The number of carbonyl (C=O) groups is 1. The normalized spacial score (nSPS) is 10.2. The number of H-pyrrole nitrogens is 2. The van der Waals surface area contributed by atoms with E-state index in [4.69, 9.17) is 4.74 Å². The lowest BCUT2D eigenvalue weighted by Gasteiger charge is -2.05. The number of aryl methyl sites for hydroxylation is 1. The van der Waals surface area contributed by atoms with E-state index in [0.717, 1.165) is 11.3 Å². The quantitative estimate of drug-likeness (QED) is 0.734. The second kappa shape index (κ2) is 6.60. The van der Waals surface area contributed by atoms with Gasteiger partial charge in [-0.05, 0) is 24.1 Å². The standard InChI is InChI=1S/C14H17N3O3/c1-20-12-4-2-3-10(7-12)5-6-13(18)15-9-11-8-14(19)17-16-11/h2-4,7-8H,5-6,9H2,1H3,(H,15,18)(H2,16,17,19). The van der Waals surface area contributed by atoms with Gasteiger partial charge in [-0.1, -0.05) is 12.1 Å². The number of rotatable bonds is 6. The number of nitrogens with one attached hydrogen (secondary N) is 3. The fraction of sp³-hybridized carbons (Fsp3) is 0.286. The summed E-state index contributed by atoms with van der Waals surface area (Å²) in [6, 6.07) is 9.06. The summed E-state index contributed by atoms with van der Waals surface area (Å²) in [5.41, 5.74) is 1.50. The second-order valence-electron chi connectivity index (χ2n) is 4.41. The first-order chi connectivity index (χ1) is 9.67. The number of ether oxygens (including phenoxy) is 1. The lowest BCUT2D eigenvalue weighted by molar-refractivity contribution is -0.121. The molecule has 1 aromatic carbocycles. The number of carbonyl (C=O) groups excluding carboxylic acids is 1. The molecule has 2 aromatic rings. The highest BCUT2D eigenvalue weighted by atomic mass is 16.5. The van der Waals surface area contributed by atoms with Crippen molar-refractivity contribution >= 4 is 5.91 Å². The van der Waals surface area contributed by atoms with Crippen LogP contribution in [0.15, 0.2) is 35.1 Å². The third-order valence-electron chi connectivity index (χ3n) is 2.90. The summed E-state index contributed by atoms with van der Waals surface area (Å²) >= 11 is 0. The molecule has 0 atom stereocenters. The SMILES string of the molecule is COc1cccc(CCC(=O)NCc2cc(=O)[nH][nH]2)c1. The van der Waals surface area contributed by atoms with Gasteiger partial charge in [0.05, 0.1) is 19.3 Å². The average molecular weight is 275 g/mol. The number of hydrogen-bond acceptors (Lipinski definition) is 3. The minimum atomic E-state index is -0.203. The monoisotopic (exact) mass is 275 g/mol. The van der Waals surface area contributed by atoms with Crippen molar-refractivity contribution in [2.24, 2.45) is 0 Å². The zero-order valence-corrected chi connectivity index (χ0v) is 11.2. The summed E-state index contributed by atoms with van der Waals surface area (Å²) in [7, 11) is 1.61. The maximum absolute atomic E-state index is 11.7. The fourth-order valence-electron chi connectivity index (χ4n) is 1.84. The molecule has 0 aliphatic heterocycles. The summed E-state index contributed by atoms with van der Waals surface area (Å²) < 4.78 is 5.13. The van der Waals surface area contributed by atoms with Crippen LogP contribution in [-0.4, -0.2) is 23.2 Å². The van der Waals surface area contributed by atoms with Crippen molar-refractivity contribution in [2.45, 2.75) is 19.4 Å². The number of hydrogen-bond donors (Lipinski definition) is 3. The molecular weight excluding hydrogens is 258 g/mol. The topological polar surface area (TPSA) is 87.0 Å². The van der Waals surface area contributed by atoms with E-state index >= 15 is 0 Å². The van der Waals surface area contributed by atoms with Crippen molar-refractivity contribution in [3.05, 3.63) is 51.9 Å². The third kappa shape index (κ3) is 4.01. The highest BCUT2D eigenvalue weighted by Gasteiger charge is 2.04. The molecule has 0 saturated carbocycles. The highest BCUT2D eigenvalue weighted by Crippen LogP contribution is 2.13. The Morgan fingerprint density at radius 1 is 1.30 bits per heavy atom. The number of benzene rings is 1. The van der Waals surface area contributed by atoms with Crippen LogP contribution in [0.2, 0.25) is 0 Å². The molecule has 6 nitrogen and oxygen atoms in total. The van der Waals surface area contributed by atoms with Crippen molar-refractivity contribution in [1.82, 2.24) is 15.5 Å². The van der Waals surface area contributed by atoms with Crippen LogP contribution in [-0.2, 0) is 17.8 Å². The largest absolute Gasteiger partial charge is 0.497 e. The number of aromatic nitrogens is 2. The van der Waals surface area contributed by atoms with Crippen LogP contribution in [0, 0.1) is 0 Å². The van der Waals surface area contributed by atoms with Crippen LogP contribution in [0.5, 0.6) is 5.75 Å². The van der Waals surface area contributed by atoms with Crippen LogP contribution in [0.3, 0.4) is 0 Å². The summed E-state index contributed by atoms with van der Waals surface area (Å²) in [4.78, 5) is 22.6. The summed E-state index contributed by atoms with van der Waals surface area (Å²) in [6.07, 6.45) is 1.04. The molecule has 106 valence electrons.